The number of carbonyl (C=O) groups is 5. The Morgan fingerprint density at radius 1 is 0.946 bits per heavy atom. The highest BCUT2D eigenvalue weighted by Crippen LogP contribution is 2.47. The first-order valence-corrected chi connectivity index (χ1v) is 21.5. The molecule has 5 amide bonds. The lowest BCUT2D eigenvalue weighted by molar-refractivity contribution is -0.142. The van der Waals surface area contributed by atoms with Crippen LogP contribution < -0.4 is 15.4 Å². The Kier molecular flexibility index (Phi) is 11.0. The van der Waals surface area contributed by atoms with Crippen molar-refractivity contribution in [3.8, 4) is 11.1 Å². The minimum atomic E-state index is -3.91. The lowest BCUT2D eigenvalue weighted by Gasteiger charge is -2.33. The Balaban J connectivity index is 1.18. The van der Waals surface area contributed by atoms with Crippen molar-refractivity contribution >= 4 is 51.3 Å². The normalized spacial score (nSPS) is 28.8. The molecular formula is C41H50ClN5O8S. The molecule has 3 heterocycles. The first-order chi connectivity index (χ1) is 26.5. The van der Waals surface area contributed by atoms with Crippen LogP contribution in [0.2, 0.25) is 5.02 Å². The van der Waals surface area contributed by atoms with E-state index in [0.29, 0.717) is 42.7 Å². The first kappa shape index (κ1) is 39.8. The SMILES string of the molecule is CC(C)(C)OC(=O)N[C@@H]1CCCCC/C=C\[C@@H]2C[C@@]2(C(=O)NS(=O)(=O)C2CC2)NC(=O)[C@@H]2[C@H]3CN(C(=O)c4cccc(-c5ccc(Cl)cc5)c4)C[C@H]3CN2C1=O. The second-order valence-electron chi connectivity index (χ2n) is 16.9. The molecule has 56 heavy (non-hydrogen) atoms. The fraction of sp³-hybridized carbons (Fsp3) is 0.537. The van der Waals surface area contributed by atoms with Crippen molar-refractivity contribution in [1.82, 2.24) is 25.2 Å². The lowest BCUT2D eigenvalue weighted by Crippen LogP contribution is -2.60. The van der Waals surface area contributed by atoms with E-state index >= 15 is 0 Å². The molecule has 7 rings (SSSR count). The van der Waals surface area contributed by atoms with Crippen molar-refractivity contribution in [3.63, 3.8) is 0 Å². The standard InChI is InChI=1S/C41H50ClN5O8S/c1-40(2,3)55-39(52)43-33-13-8-6-4-5-7-12-29-21-41(29,38(51)45-56(53,54)31-18-19-31)44-35(48)34-32-24-46(22-28(32)23-47(34)37(33)50)36(49)27-11-9-10-26(20-27)25-14-16-30(42)17-15-25/h7,9-12,14-17,20,28-29,31-34H,4-6,8,13,18-19,21-24H2,1-3H3,(H,43,52)(H,44,48)(H,45,51)/b12-7-/t28-,29+,32-,33+,34-,41+/m0/s1. The van der Waals surface area contributed by atoms with Crippen LogP contribution in [0.4, 0.5) is 4.79 Å². The predicted molar refractivity (Wildman–Crippen MR) is 210 cm³/mol. The Morgan fingerprint density at radius 2 is 1.70 bits per heavy atom. The van der Waals surface area contributed by atoms with E-state index in [0.717, 1.165) is 24.0 Å². The number of likely N-dealkylation sites (tertiary alicyclic amines) is 1. The molecule has 3 aliphatic heterocycles. The van der Waals surface area contributed by atoms with Gasteiger partial charge >= 0.3 is 6.09 Å². The van der Waals surface area contributed by atoms with Gasteiger partial charge in [-0.1, -0.05) is 60.9 Å². The number of sulfonamides is 1. The zero-order valence-electron chi connectivity index (χ0n) is 32.0. The quantitative estimate of drug-likeness (QED) is 0.350. The number of halogens is 1. The summed E-state index contributed by atoms with van der Waals surface area (Å²) in [5.74, 6) is -3.29. The van der Waals surface area contributed by atoms with E-state index < -0.39 is 74.1 Å². The molecule has 2 aliphatic carbocycles. The van der Waals surface area contributed by atoms with E-state index in [1.54, 1.807) is 43.9 Å². The minimum Gasteiger partial charge on any atom is -0.444 e. The number of amides is 5. The number of nitrogens with one attached hydrogen (secondary N) is 3. The van der Waals surface area contributed by atoms with Crippen molar-refractivity contribution in [2.75, 3.05) is 19.6 Å². The highest BCUT2D eigenvalue weighted by molar-refractivity contribution is 7.91. The average Bonchev–Trinajstić information content (AvgIpc) is 4.04. The van der Waals surface area contributed by atoms with Gasteiger partial charge in [0.1, 0.15) is 23.2 Å². The molecule has 0 unspecified atom stereocenters. The second kappa shape index (κ2) is 15.5. The van der Waals surface area contributed by atoms with E-state index in [1.165, 1.54) is 4.90 Å². The maximum absolute atomic E-state index is 14.7. The van der Waals surface area contributed by atoms with Crippen LogP contribution in [0.15, 0.2) is 60.7 Å². The summed E-state index contributed by atoms with van der Waals surface area (Å²) in [4.78, 5) is 73.3. The Labute approximate surface area is 333 Å². The van der Waals surface area contributed by atoms with Gasteiger partial charge in [0.2, 0.25) is 21.8 Å². The van der Waals surface area contributed by atoms with E-state index in [4.69, 9.17) is 16.3 Å². The average molecular weight is 808 g/mol. The Morgan fingerprint density at radius 3 is 2.41 bits per heavy atom. The molecule has 6 atom stereocenters. The van der Waals surface area contributed by atoms with Gasteiger partial charge in [-0.25, -0.2) is 13.2 Å². The molecule has 0 spiro atoms. The monoisotopic (exact) mass is 807 g/mol. The third-order valence-corrected chi connectivity index (χ3v) is 13.5. The molecule has 13 nitrogen and oxygen atoms in total. The highest BCUT2D eigenvalue weighted by Gasteiger charge is 2.63. The number of alkyl carbamates (subject to hydrolysis) is 1. The second-order valence-corrected chi connectivity index (χ2v) is 19.3. The van der Waals surface area contributed by atoms with E-state index in [1.807, 2.05) is 42.5 Å². The van der Waals surface area contributed by atoms with Gasteiger partial charge in [-0.2, -0.15) is 0 Å². The van der Waals surface area contributed by atoms with Crippen LogP contribution in [0.1, 0.15) is 82.5 Å². The van der Waals surface area contributed by atoms with E-state index in [9.17, 15) is 32.4 Å². The largest absolute Gasteiger partial charge is 0.444 e. The molecule has 4 fully saturated rings. The summed E-state index contributed by atoms with van der Waals surface area (Å²) in [6.45, 7) is 5.78. The smallest absolute Gasteiger partial charge is 0.408 e. The number of carbonyl (C=O) groups excluding carboxylic acids is 5. The van der Waals surface area contributed by atoms with Gasteiger partial charge in [-0.05, 0) is 94.7 Å². The maximum Gasteiger partial charge on any atom is 0.408 e. The molecule has 0 bridgehead atoms. The molecule has 15 heteroatoms. The van der Waals surface area contributed by atoms with Crippen molar-refractivity contribution in [3.05, 3.63) is 71.3 Å². The summed E-state index contributed by atoms with van der Waals surface area (Å²) in [5, 5.41) is 5.66. The molecule has 3 N–H and O–H groups in total. The minimum absolute atomic E-state index is 0.140. The van der Waals surface area contributed by atoms with Crippen molar-refractivity contribution in [2.24, 2.45) is 17.8 Å². The number of nitrogens with zero attached hydrogens (tertiary/aromatic N) is 2. The maximum atomic E-state index is 14.7. The van der Waals surface area contributed by atoms with Crippen LogP contribution in [0.25, 0.3) is 11.1 Å². The van der Waals surface area contributed by atoms with Gasteiger partial charge < -0.3 is 25.2 Å². The van der Waals surface area contributed by atoms with E-state index in [2.05, 4.69) is 15.4 Å². The summed E-state index contributed by atoms with van der Waals surface area (Å²) in [5.41, 5.74) is -0.117. The van der Waals surface area contributed by atoms with Gasteiger partial charge in [-0.15, -0.1) is 0 Å². The Bertz CT molecular complexity index is 2030. The third-order valence-electron chi connectivity index (χ3n) is 11.5. The van der Waals surface area contributed by atoms with Gasteiger partial charge in [0.25, 0.3) is 11.8 Å². The molecule has 0 radical (unpaired) electrons. The molecule has 2 aromatic rings. The van der Waals surface area contributed by atoms with Crippen molar-refractivity contribution < 1.29 is 37.1 Å². The summed E-state index contributed by atoms with van der Waals surface area (Å²) in [6.07, 6.45) is 7.39. The van der Waals surface area contributed by atoms with Crippen LogP contribution in [-0.4, -0.2) is 96.0 Å². The van der Waals surface area contributed by atoms with Crippen LogP contribution >= 0.6 is 11.6 Å². The number of rotatable bonds is 6. The fourth-order valence-corrected chi connectivity index (χ4v) is 9.83. The highest BCUT2D eigenvalue weighted by atomic mass is 35.5. The zero-order valence-corrected chi connectivity index (χ0v) is 33.5. The van der Waals surface area contributed by atoms with Crippen LogP contribution in [0.3, 0.4) is 0 Å². The lowest BCUT2D eigenvalue weighted by atomic mass is 9.93. The predicted octanol–water partition coefficient (Wildman–Crippen LogP) is 4.80. The fourth-order valence-electron chi connectivity index (χ4n) is 8.34. The summed E-state index contributed by atoms with van der Waals surface area (Å²) < 4.78 is 33.6. The van der Waals surface area contributed by atoms with Gasteiger partial charge in [0.15, 0.2) is 0 Å². The van der Waals surface area contributed by atoms with Crippen molar-refractivity contribution in [1.29, 1.82) is 0 Å². The zero-order chi connectivity index (χ0) is 40.0. The van der Waals surface area contributed by atoms with Crippen molar-refractivity contribution in [2.45, 2.75) is 101 Å². The van der Waals surface area contributed by atoms with Gasteiger partial charge in [0, 0.05) is 48.0 Å². The Hall–Kier alpha value is -4.43. The topological polar surface area (TPSA) is 171 Å². The molecule has 2 saturated heterocycles. The summed E-state index contributed by atoms with van der Waals surface area (Å²) in [6, 6.07) is 12.5. The number of benzene rings is 2. The van der Waals surface area contributed by atoms with Gasteiger partial charge in [0.05, 0.1) is 5.25 Å². The molecule has 2 aromatic carbocycles. The molecule has 0 aromatic heterocycles. The van der Waals surface area contributed by atoms with E-state index in [-0.39, 0.29) is 37.9 Å². The van der Waals surface area contributed by atoms with Crippen LogP contribution in [-0.2, 0) is 29.1 Å². The summed E-state index contributed by atoms with van der Waals surface area (Å²) in [7, 11) is -3.91. The third kappa shape index (κ3) is 8.61. The molecule has 5 aliphatic rings. The van der Waals surface area contributed by atoms with Crippen LogP contribution in [0.5, 0.6) is 0 Å². The van der Waals surface area contributed by atoms with Gasteiger partial charge in [-0.3, -0.25) is 23.9 Å². The molecule has 300 valence electrons. The summed E-state index contributed by atoms with van der Waals surface area (Å²) >= 11 is 6.09. The molecular weight excluding hydrogens is 758 g/mol. The first-order valence-electron chi connectivity index (χ1n) is 19.5. The number of fused-ring (bicyclic) bond motifs is 4. The number of ether oxygens (including phenoxy) is 1. The van der Waals surface area contributed by atoms with Crippen LogP contribution in [0, 0.1) is 17.8 Å². The number of hydrogen-bond donors (Lipinski definition) is 3. The number of allylic oxidation sites excluding steroid dienone is 1. The molecule has 2 saturated carbocycles. The number of hydrogen-bond acceptors (Lipinski definition) is 8.